The first-order chi connectivity index (χ1) is 9.00. The summed E-state index contributed by atoms with van der Waals surface area (Å²) in [5.41, 5.74) is 5.98. The van der Waals surface area contributed by atoms with Gasteiger partial charge in [-0.15, -0.1) is 0 Å². The minimum atomic E-state index is -0.459. The van der Waals surface area contributed by atoms with Crippen LogP contribution in [0.5, 0.6) is 5.75 Å². The van der Waals surface area contributed by atoms with E-state index < -0.39 is 5.82 Å². The van der Waals surface area contributed by atoms with Gasteiger partial charge < -0.3 is 15.4 Å². The van der Waals surface area contributed by atoms with E-state index in [1.165, 1.54) is 12.8 Å². The number of thiocarbonyl (C=S) groups is 1. The molecule has 0 radical (unpaired) electrons. The quantitative estimate of drug-likeness (QED) is 0.803. The summed E-state index contributed by atoms with van der Waals surface area (Å²) in [4.78, 5) is 2.39. The molecule has 0 atom stereocenters. The number of hydrogen-bond acceptors (Lipinski definition) is 3. The minimum Gasteiger partial charge on any atom is -0.489 e. The van der Waals surface area contributed by atoms with Gasteiger partial charge in [-0.1, -0.05) is 12.2 Å². The Morgan fingerprint density at radius 2 is 2.26 bits per heavy atom. The largest absolute Gasteiger partial charge is 0.489 e. The average molecular weight is 347 g/mol. The molecule has 0 spiro atoms. The summed E-state index contributed by atoms with van der Waals surface area (Å²) in [5.74, 6) is -0.240. The lowest BCUT2D eigenvalue weighted by molar-refractivity contribution is 0.225. The molecule has 1 saturated carbocycles. The molecular weight excluding hydrogens is 331 g/mol. The van der Waals surface area contributed by atoms with Crippen LogP contribution in [0.15, 0.2) is 16.6 Å². The number of nitrogens with zero attached hydrogens (tertiary/aromatic N) is 1. The summed E-state index contributed by atoms with van der Waals surface area (Å²) in [7, 11) is 2.06. The van der Waals surface area contributed by atoms with Crippen LogP contribution in [0.3, 0.4) is 0 Å². The summed E-state index contributed by atoms with van der Waals surface area (Å²) >= 11 is 8.00. The third-order valence-electron chi connectivity index (χ3n) is 3.18. The SMILES string of the molecule is CN(CCOc1ccc(C(N)=S)c(Br)c1F)C1CC1. The molecule has 1 aromatic carbocycles. The topological polar surface area (TPSA) is 38.5 Å². The second kappa shape index (κ2) is 6.15. The van der Waals surface area contributed by atoms with Crippen molar-refractivity contribution in [3.63, 3.8) is 0 Å². The molecule has 0 amide bonds. The van der Waals surface area contributed by atoms with Crippen LogP contribution in [-0.2, 0) is 0 Å². The van der Waals surface area contributed by atoms with Crippen molar-refractivity contribution in [3.05, 3.63) is 28.0 Å². The second-order valence-electron chi connectivity index (χ2n) is 4.66. The van der Waals surface area contributed by atoms with Crippen LogP contribution in [0, 0.1) is 5.82 Å². The third kappa shape index (κ3) is 3.64. The Labute approximate surface area is 126 Å². The van der Waals surface area contributed by atoms with Gasteiger partial charge in [0.15, 0.2) is 11.6 Å². The number of likely N-dealkylation sites (N-methyl/N-ethyl adjacent to an activating group) is 1. The molecular formula is C13H16BrFN2OS. The summed E-state index contributed by atoms with van der Waals surface area (Å²) in [6, 6.07) is 3.90. The first-order valence-corrected chi connectivity index (χ1v) is 7.31. The molecule has 0 aliphatic heterocycles. The molecule has 104 valence electrons. The van der Waals surface area contributed by atoms with Crippen molar-refractivity contribution in [1.82, 2.24) is 4.90 Å². The first-order valence-electron chi connectivity index (χ1n) is 6.11. The highest BCUT2D eigenvalue weighted by Gasteiger charge is 2.25. The van der Waals surface area contributed by atoms with Crippen LogP contribution in [0.4, 0.5) is 4.39 Å². The van der Waals surface area contributed by atoms with Gasteiger partial charge >= 0.3 is 0 Å². The zero-order chi connectivity index (χ0) is 14.0. The Hall–Kier alpha value is -0.720. The zero-order valence-electron chi connectivity index (χ0n) is 10.7. The Morgan fingerprint density at radius 1 is 1.58 bits per heavy atom. The van der Waals surface area contributed by atoms with E-state index in [0.29, 0.717) is 18.2 Å². The van der Waals surface area contributed by atoms with Gasteiger partial charge in [-0.25, -0.2) is 4.39 Å². The van der Waals surface area contributed by atoms with E-state index in [-0.39, 0.29) is 15.2 Å². The lowest BCUT2D eigenvalue weighted by Gasteiger charge is -2.16. The van der Waals surface area contributed by atoms with Crippen LogP contribution in [0.2, 0.25) is 0 Å². The molecule has 1 aliphatic rings. The third-order valence-corrected chi connectivity index (χ3v) is 4.18. The molecule has 1 aromatic rings. The Kier molecular flexibility index (Phi) is 4.76. The lowest BCUT2D eigenvalue weighted by atomic mass is 10.2. The van der Waals surface area contributed by atoms with Gasteiger partial charge in [-0.05, 0) is 48.0 Å². The Bertz CT molecular complexity index is 494. The maximum Gasteiger partial charge on any atom is 0.179 e. The average Bonchev–Trinajstić information content (AvgIpc) is 3.18. The summed E-state index contributed by atoms with van der Waals surface area (Å²) < 4.78 is 19.7. The molecule has 0 aromatic heterocycles. The first kappa shape index (κ1) is 14.7. The van der Waals surface area contributed by atoms with Gasteiger partial charge in [0.1, 0.15) is 11.6 Å². The van der Waals surface area contributed by atoms with Gasteiger partial charge in [0.2, 0.25) is 0 Å². The monoisotopic (exact) mass is 346 g/mol. The van der Waals surface area contributed by atoms with E-state index in [1.807, 2.05) is 0 Å². The standard InChI is InChI=1S/C13H16BrFN2OS/c1-17(8-2-3-8)6-7-18-10-5-4-9(13(16)19)11(14)12(10)15/h4-5,8H,2-3,6-7H2,1H3,(H2,16,19). The van der Waals surface area contributed by atoms with Crippen molar-refractivity contribution in [2.75, 3.05) is 20.2 Å². The fraction of sp³-hybridized carbons (Fsp3) is 0.462. The Balaban J connectivity index is 1.96. The molecule has 6 heteroatoms. The van der Waals surface area contributed by atoms with E-state index in [9.17, 15) is 4.39 Å². The van der Waals surface area contributed by atoms with Gasteiger partial charge in [0, 0.05) is 18.2 Å². The molecule has 1 aliphatic carbocycles. The lowest BCUT2D eigenvalue weighted by Crippen LogP contribution is -2.26. The van der Waals surface area contributed by atoms with Crippen molar-refractivity contribution in [1.29, 1.82) is 0 Å². The van der Waals surface area contributed by atoms with Crippen molar-refractivity contribution in [3.8, 4) is 5.75 Å². The van der Waals surface area contributed by atoms with Crippen LogP contribution < -0.4 is 10.5 Å². The van der Waals surface area contributed by atoms with Gasteiger partial charge in [0.05, 0.1) is 4.47 Å². The van der Waals surface area contributed by atoms with Crippen molar-refractivity contribution < 1.29 is 9.13 Å². The fourth-order valence-corrected chi connectivity index (χ4v) is 2.67. The number of benzene rings is 1. The number of nitrogens with two attached hydrogens (primary N) is 1. The number of hydrogen-bond donors (Lipinski definition) is 1. The summed E-state index contributed by atoms with van der Waals surface area (Å²) in [6.07, 6.45) is 2.50. The van der Waals surface area contributed by atoms with Gasteiger partial charge in [-0.3, -0.25) is 0 Å². The number of halogens is 2. The fourth-order valence-electron chi connectivity index (χ4n) is 1.83. The maximum atomic E-state index is 14.0. The van der Waals surface area contributed by atoms with Crippen LogP contribution in [-0.4, -0.2) is 36.1 Å². The molecule has 0 heterocycles. The van der Waals surface area contributed by atoms with E-state index in [4.69, 9.17) is 22.7 Å². The highest BCUT2D eigenvalue weighted by molar-refractivity contribution is 9.10. The predicted octanol–water partition coefficient (Wildman–Crippen LogP) is 2.70. The van der Waals surface area contributed by atoms with E-state index in [0.717, 1.165) is 6.54 Å². The summed E-state index contributed by atoms with van der Waals surface area (Å²) in [5, 5.41) is 0. The molecule has 19 heavy (non-hydrogen) atoms. The van der Waals surface area contributed by atoms with E-state index in [2.05, 4.69) is 27.9 Å². The van der Waals surface area contributed by atoms with Crippen molar-refractivity contribution >= 4 is 33.1 Å². The van der Waals surface area contributed by atoms with Crippen molar-refractivity contribution in [2.45, 2.75) is 18.9 Å². The molecule has 0 unspecified atom stereocenters. The van der Waals surface area contributed by atoms with E-state index >= 15 is 0 Å². The minimum absolute atomic E-state index is 0.158. The summed E-state index contributed by atoms with van der Waals surface area (Å²) in [6.45, 7) is 1.25. The van der Waals surface area contributed by atoms with Gasteiger partial charge in [0.25, 0.3) is 0 Å². The van der Waals surface area contributed by atoms with Gasteiger partial charge in [-0.2, -0.15) is 0 Å². The van der Waals surface area contributed by atoms with Crippen molar-refractivity contribution in [2.24, 2.45) is 5.73 Å². The zero-order valence-corrected chi connectivity index (χ0v) is 13.1. The Morgan fingerprint density at radius 3 is 2.84 bits per heavy atom. The molecule has 3 nitrogen and oxygen atoms in total. The smallest absolute Gasteiger partial charge is 0.179 e. The number of rotatable bonds is 6. The predicted molar refractivity (Wildman–Crippen MR) is 81.1 cm³/mol. The second-order valence-corrected chi connectivity index (χ2v) is 5.90. The van der Waals surface area contributed by atoms with E-state index in [1.54, 1.807) is 12.1 Å². The molecule has 1 fully saturated rings. The molecule has 2 N–H and O–H groups in total. The molecule has 2 rings (SSSR count). The van der Waals surface area contributed by atoms with Crippen LogP contribution in [0.25, 0.3) is 0 Å². The molecule has 0 saturated heterocycles. The highest BCUT2D eigenvalue weighted by atomic mass is 79.9. The number of ether oxygens (including phenoxy) is 1. The van der Waals surface area contributed by atoms with Crippen LogP contribution in [0.1, 0.15) is 18.4 Å². The molecule has 0 bridgehead atoms. The van der Waals surface area contributed by atoms with Crippen LogP contribution >= 0.6 is 28.1 Å². The highest BCUT2D eigenvalue weighted by Crippen LogP contribution is 2.29. The normalized spacial score (nSPS) is 14.7. The maximum absolute atomic E-state index is 14.0.